The molecule has 4 aromatic rings. The van der Waals surface area contributed by atoms with E-state index in [-0.39, 0.29) is 16.1 Å². The summed E-state index contributed by atoms with van der Waals surface area (Å²) in [4.78, 5) is 15.6. The van der Waals surface area contributed by atoms with Gasteiger partial charge in [-0.3, -0.25) is 0 Å². The lowest BCUT2D eigenvalue weighted by atomic mass is 10.2. The van der Waals surface area contributed by atoms with Crippen LogP contribution in [0.2, 0.25) is 0 Å². The van der Waals surface area contributed by atoms with Crippen molar-refractivity contribution in [3.8, 4) is 11.5 Å². The normalized spacial score (nSPS) is 11.1. The van der Waals surface area contributed by atoms with Crippen molar-refractivity contribution >= 4 is 33.9 Å². The Hall–Kier alpha value is -2.72. The molecular weight excluding hydrogens is 338 g/mol. The van der Waals surface area contributed by atoms with Crippen LogP contribution < -0.4 is 0 Å². The molecule has 3 aromatic heterocycles. The first-order valence-corrected chi connectivity index (χ1v) is 8.09. The summed E-state index contributed by atoms with van der Waals surface area (Å²) < 4.78 is 6.99. The van der Waals surface area contributed by atoms with Crippen LogP contribution in [0.25, 0.3) is 16.4 Å². The van der Waals surface area contributed by atoms with Crippen molar-refractivity contribution in [2.24, 2.45) is 0 Å². The summed E-state index contributed by atoms with van der Waals surface area (Å²) >= 11 is 2.30. The zero-order valence-corrected chi connectivity index (χ0v) is 13.0. The van der Waals surface area contributed by atoms with Crippen LogP contribution in [0, 0.1) is 10.1 Å². The topological polar surface area (TPSA) is 99.4 Å². The van der Waals surface area contributed by atoms with E-state index in [1.807, 2.05) is 30.3 Å². The number of hydrogen-bond donors (Lipinski definition) is 0. The lowest BCUT2D eigenvalue weighted by Crippen LogP contribution is -1.93. The van der Waals surface area contributed by atoms with Crippen LogP contribution in [0.4, 0.5) is 5.82 Å². The van der Waals surface area contributed by atoms with Crippen molar-refractivity contribution in [3.05, 3.63) is 52.0 Å². The molecule has 0 aliphatic rings. The number of thiazole rings is 1. The van der Waals surface area contributed by atoms with Crippen LogP contribution >= 0.6 is 23.1 Å². The first-order valence-electron chi connectivity index (χ1n) is 6.39. The Morgan fingerprint density at radius 2 is 2.09 bits per heavy atom. The molecule has 114 valence electrons. The molecule has 23 heavy (non-hydrogen) atoms. The van der Waals surface area contributed by atoms with Gasteiger partial charge in [-0.1, -0.05) is 29.5 Å². The average Bonchev–Trinajstić information content (AvgIpc) is 3.23. The predicted octanol–water partition coefficient (Wildman–Crippen LogP) is 3.51. The van der Waals surface area contributed by atoms with Crippen LogP contribution in [0.1, 0.15) is 0 Å². The monoisotopic (exact) mass is 345 g/mol. The summed E-state index contributed by atoms with van der Waals surface area (Å²) in [5.74, 6) is 0.252. The molecule has 0 N–H and O–H groups in total. The average molecular weight is 345 g/mol. The highest BCUT2D eigenvalue weighted by atomic mass is 32.2. The van der Waals surface area contributed by atoms with Gasteiger partial charge in [0.25, 0.3) is 10.2 Å². The third-order valence-electron chi connectivity index (χ3n) is 2.99. The number of benzene rings is 1. The third-order valence-corrected chi connectivity index (χ3v) is 4.55. The maximum atomic E-state index is 11.3. The molecule has 0 fully saturated rings. The van der Waals surface area contributed by atoms with E-state index in [0.717, 1.165) is 17.3 Å². The third kappa shape index (κ3) is 2.47. The van der Waals surface area contributed by atoms with Crippen molar-refractivity contribution in [1.82, 2.24) is 19.6 Å². The van der Waals surface area contributed by atoms with Gasteiger partial charge in [-0.25, -0.2) is 0 Å². The Kier molecular flexibility index (Phi) is 3.32. The number of fused-ring (bicyclic) bond motifs is 1. The van der Waals surface area contributed by atoms with Crippen molar-refractivity contribution in [2.75, 3.05) is 0 Å². The summed E-state index contributed by atoms with van der Waals surface area (Å²) in [6.07, 6.45) is 1.61. The highest BCUT2D eigenvalue weighted by Gasteiger charge is 2.26. The second kappa shape index (κ2) is 5.48. The van der Waals surface area contributed by atoms with Gasteiger partial charge in [-0.05, 0) is 17.1 Å². The minimum atomic E-state index is -0.469. The zero-order chi connectivity index (χ0) is 15.8. The second-order valence-corrected chi connectivity index (χ2v) is 6.21. The molecule has 0 aliphatic carbocycles. The molecule has 0 unspecified atom stereocenters. The first-order chi connectivity index (χ1) is 11.2. The van der Waals surface area contributed by atoms with Gasteiger partial charge in [0.05, 0.1) is 0 Å². The molecule has 0 saturated heterocycles. The molecule has 3 heterocycles. The number of nitro groups is 1. The zero-order valence-electron chi connectivity index (χ0n) is 11.3. The van der Waals surface area contributed by atoms with E-state index >= 15 is 0 Å². The summed E-state index contributed by atoms with van der Waals surface area (Å²) in [6.45, 7) is 0. The minimum absolute atomic E-state index is 0.106. The molecule has 0 amide bonds. The van der Waals surface area contributed by atoms with Gasteiger partial charge in [-0.2, -0.15) is 9.38 Å². The molecule has 1 aromatic carbocycles. The number of imidazole rings is 1. The molecule has 10 heteroatoms. The Morgan fingerprint density at radius 1 is 1.26 bits per heavy atom. The number of hydrogen-bond acceptors (Lipinski definition) is 8. The Balaban J connectivity index is 1.69. The van der Waals surface area contributed by atoms with Gasteiger partial charge in [-0.15, -0.1) is 10.2 Å². The van der Waals surface area contributed by atoms with Gasteiger partial charge in [0.2, 0.25) is 10.9 Å². The van der Waals surface area contributed by atoms with E-state index in [4.69, 9.17) is 4.42 Å². The van der Waals surface area contributed by atoms with Crippen molar-refractivity contribution < 1.29 is 9.34 Å². The molecular formula is C13H7N5O3S2. The van der Waals surface area contributed by atoms with Crippen molar-refractivity contribution in [1.29, 1.82) is 0 Å². The van der Waals surface area contributed by atoms with E-state index in [0.29, 0.717) is 10.9 Å². The summed E-state index contributed by atoms with van der Waals surface area (Å²) in [7, 11) is 0. The van der Waals surface area contributed by atoms with E-state index in [2.05, 4.69) is 15.2 Å². The SMILES string of the molecule is O=[N+]([O-])c1c(Sc2nnc(-c3ccccc3)o2)nc2sccn12. The van der Waals surface area contributed by atoms with Gasteiger partial charge >= 0.3 is 5.82 Å². The van der Waals surface area contributed by atoms with E-state index in [9.17, 15) is 10.1 Å². The Labute approximate surface area is 137 Å². The maximum Gasteiger partial charge on any atom is 0.363 e. The smallest absolute Gasteiger partial charge is 0.363 e. The maximum absolute atomic E-state index is 11.3. The van der Waals surface area contributed by atoms with Crippen LogP contribution in [0.15, 0.2) is 56.6 Å². The summed E-state index contributed by atoms with van der Waals surface area (Å²) in [5, 5.41) is 21.3. The van der Waals surface area contributed by atoms with E-state index in [1.54, 1.807) is 11.6 Å². The molecule has 4 rings (SSSR count). The van der Waals surface area contributed by atoms with Crippen LogP contribution in [-0.2, 0) is 0 Å². The molecule has 0 saturated carbocycles. The fraction of sp³-hybridized carbons (Fsp3) is 0. The second-order valence-electron chi connectivity index (χ2n) is 4.39. The first kappa shape index (κ1) is 13.9. The fourth-order valence-corrected chi connectivity index (χ4v) is 3.55. The molecule has 0 aliphatic heterocycles. The highest BCUT2D eigenvalue weighted by molar-refractivity contribution is 7.99. The van der Waals surface area contributed by atoms with Gasteiger partial charge in [0.15, 0.2) is 0 Å². The Bertz CT molecular complexity index is 992. The van der Waals surface area contributed by atoms with Crippen LogP contribution in [-0.4, -0.2) is 24.5 Å². The Morgan fingerprint density at radius 3 is 2.87 bits per heavy atom. The van der Waals surface area contributed by atoms with Crippen molar-refractivity contribution in [2.45, 2.75) is 10.2 Å². The van der Waals surface area contributed by atoms with Crippen molar-refractivity contribution in [3.63, 3.8) is 0 Å². The lowest BCUT2D eigenvalue weighted by Gasteiger charge is -1.94. The number of rotatable bonds is 4. The summed E-state index contributed by atoms with van der Waals surface area (Å²) in [5.41, 5.74) is 0.784. The standard InChI is InChI=1S/C13H7N5O3S2/c19-18(20)11-10(14-12-17(11)6-7-22-12)23-13-16-15-9(21-13)8-4-2-1-3-5-8/h1-7H. The fourth-order valence-electron chi connectivity index (χ4n) is 2.02. The van der Waals surface area contributed by atoms with Crippen LogP contribution in [0.5, 0.6) is 0 Å². The minimum Gasteiger partial charge on any atom is -0.411 e. The van der Waals surface area contributed by atoms with Gasteiger partial charge in [0.1, 0.15) is 6.20 Å². The number of aromatic nitrogens is 4. The van der Waals surface area contributed by atoms with Crippen LogP contribution in [0.3, 0.4) is 0 Å². The molecule has 0 atom stereocenters. The lowest BCUT2D eigenvalue weighted by molar-refractivity contribution is -0.393. The van der Waals surface area contributed by atoms with E-state index < -0.39 is 4.92 Å². The predicted molar refractivity (Wildman–Crippen MR) is 83.6 cm³/mol. The molecule has 8 nitrogen and oxygen atoms in total. The van der Waals surface area contributed by atoms with E-state index in [1.165, 1.54) is 15.7 Å². The summed E-state index contributed by atoms with van der Waals surface area (Å²) in [6, 6.07) is 9.30. The van der Waals surface area contributed by atoms with Gasteiger partial charge in [0, 0.05) is 22.7 Å². The largest absolute Gasteiger partial charge is 0.411 e. The highest BCUT2D eigenvalue weighted by Crippen LogP contribution is 2.36. The molecule has 0 radical (unpaired) electrons. The van der Waals surface area contributed by atoms with Gasteiger partial charge < -0.3 is 14.5 Å². The molecule has 0 spiro atoms. The number of nitrogens with zero attached hydrogens (tertiary/aromatic N) is 5. The molecule has 0 bridgehead atoms. The quantitative estimate of drug-likeness (QED) is 0.412.